The van der Waals surface area contributed by atoms with Crippen molar-refractivity contribution >= 4 is 17.5 Å². The maximum atomic E-state index is 10.6. The van der Waals surface area contributed by atoms with Crippen molar-refractivity contribution in [3.05, 3.63) is 11.6 Å². The lowest BCUT2D eigenvalue weighted by molar-refractivity contribution is -0.134. The third-order valence-electron chi connectivity index (χ3n) is 1.20. The smallest absolute Gasteiger partial charge is 0.338 e. The van der Waals surface area contributed by atoms with E-state index in [2.05, 4.69) is 0 Å². The molecule has 0 bridgehead atoms. The van der Waals surface area contributed by atoms with Gasteiger partial charge < -0.3 is 5.11 Å². The van der Waals surface area contributed by atoms with Gasteiger partial charge in [-0.25, -0.2) is 4.79 Å². The van der Waals surface area contributed by atoms with Crippen molar-refractivity contribution in [1.82, 2.24) is 0 Å². The highest BCUT2D eigenvalue weighted by Crippen LogP contribution is 1.99. The SMILES string of the molecule is CC(=O)C/C=C(/C(C)=O)C(=O)O. The Labute approximate surface area is 69.9 Å². The fourth-order valence-corrected chi connectivity index (χ4v) is 0.627. The number of ketones is 2. The minimum Gasteiger partial charge on any atom is -0.478 e. The van der Waals surface area contributed by atoms with Gasteiger partial charge in [0.2, 0.25) is 0 Å². The average Bonchev–Trinajstić information content (AvgIpc) is 1.84. The molecule has 12 heavy (non-hydrogen) atoms. The first-order chi connectivity index (χ1) is 5.45. The summed E-state index contributed by atoms with van der Waals surface area (Å²) in [6.45, 7) is 2.48. The summed E-state index contributed by atoms with van der Waals surface area (Å²) in [5.74, 6) is -2.00. The van der Waals surface area contributed by atoms with Gasteiger partial charge in [0.15, 0.2) is 5.78 Å². The Bertz CT molecular complexity index is 234. The van der Waals surface area contributed by atoms with E-state index in [-0.39, 0.29) is 17.8 Å². The van der Waals surface area contributed by atoms with E-state index >= 15 is 0 Å². The summed E-state index contributed by atoms with van der Waals surface area (Å²) < 4.78 is 0. The maximum absolute atomic E-state index is 10.6. The zero-order chi connectivity index (χ0) is 9.72. The molecule has 66 valence electrons. The van der Waals surface area contributed by atoms with Crippen LogP contribution < -0.4 is 0 Å². The molecule has 0 spiro atoms. The summed E-state index contributed by atoms with van der Waals surface area (Å²) in [6.07, 6.45) is 1.12. The lowest BCUT2D eigenvalue weighted by Gasteiger charge is -1.94. The molecule has 0 aliphatic rings. The summed E-state index contributed by atoms with van der Waals surface area (Å²) in [6, 6.07) is 0. The summed E-state index contributed by atoms with van der Waals surface area (Å²) in [5, 5.41) is 8.46. The summed E-state index contributed by atoms with van der Waals surface area (Å²) >= 11 is 0. The van der Waals surface area contributed by atoms with Crippen LogP contribution in [0.2, 0.25) is 0 Å². The first-order valence-electron chi connectivity index (χ1n) is 3.39. The largest absolute Gasteiger partial charge is 0.478 e. The lowest BCUT2D eigenvalue weighted by Crippen LogP contribution is -2.09. The lowest BCUT2D eigenvalue weighted by atomic mass is 10.1. The first-order valence-corrected chi connectivity index (χ1v) is 3.39. The number of allylic oxidation sites excluding steroid dienone is 1. The molecule has 0 rings (SSSR count). The van der Waals surface area contributed by atoms with Crippen molar-refractivity contribution in [3.8, 4) is 0 Å². The molecule has 0 radical (unpaired) electrons. The molecule has 0 aliphatic carbocycles. The van der Waals surface area contributed by atoms with E-state index in [0.717, 1.165) is 13.0 Å². The summed E-state index contributed by atoms with van der Waals surface area (Å²) in [5.41, 5.74) is -0.329. The van der Waals surface area contributed by atoms with E-state index < -0.39 is 11.8 Å². The van der Waals surface area contributed by atoms with E-state index in [1.165, 1.54) is 6.92 Å². The van der Waals surface area contributed by atoms with Gasteiger partial charge in [-0.1, -0.05) is 6.08 Å². The van der Waals surface area contributed by atoms with Gasteiger partial charge in [0.05, 0.1) is 5.57 Å². The Balaban J connectivity index is 4.51. The van der Waals surface area contributed by atoms with E-state index in [0.29, 0.717) is 0 Å². The molecule has 4 heteroatoms. The van der Waals surface area contributed by atoms with Crippen LogP contribution in [-0.2, 0) is 14.4 Å². The van der Waals surface area contributed by atoms with Crippen LogP contribution in [0, 0.1) is 0 Å². The number of carbonyl (C=O) groups is 3. The standard InChI is InChI=1S/C8H10O4/c1-5(9)3-4-7(6(2)10)8(11)12/h4H,3H2,1-2H3,(H,11,12)/b7-4-. The van der Waals surface area contributed by atoms with Crippen molar-refractivity contribution < 1.29 is 19.5 Å². The Kier molecular flexibility index (Phi) is 3.90. The maximum Gasteiger partial charge on any atom is 0.338 e. The van der Waals surface area contributed by atoms with Crippen LogP contribution in [0.15, 0.2) is 11.6 Å². The highest BCUT2D eigenvalue weighted by atomic mass is 16.4. The Morgan fingerprint density at radius 1 is 1.25 bits per heavy atom. The highest BCUT2D eigenvalue weighted by Gasteiger charge is 2.11. The molecule has 1 N–H and O–H groups in total. The molecular formula is C8H10O4. The third kappa shape index (κ3) is 3.65. The van der Waals surface area contributed by atoms with Gasteiger partial charge in [0.1, 0.15) is 5.78 Å². The molecule has 0 saturated heterocycles. The summed E-state index contributed by atoms with van der Waals surface area (Å²) in [7, 11) is 0. The van der Waals surface area contributed by atoms with Crippen LogP contribution >= 0.6 is 0 Å². The minimum absolute atomic E-state index is 0.0127. The van der Waals surface area contributed by atoms with Gasteiger partial charge >= 0.3 is 5.97 Å². The fraction of sp³-hybridized carbons (Fsp3) is 0.375. The van der Waals surface area contributed by atoms with Crippen molar-refractivity contribution in [2.45, 2.75) is 20.3 Å². The van der Waals surface area contributed by atoms with Crippen LogP contribution in [0.25, 0.3) is 0 Å². The van der Waals surface area contributed by atoms with Gasteiger partial charge in [-0.3, -0.25) is 9.59 Å². The molecule has 0 unspecified atom stereocenters. The van der Waals surface area contributed by atoms with Crippen LogP contribution in [0.4, 0.5) is 0 Å². The number of hydrogen-bond donors (Lipinski definition) is 1. The number of carboxylic acid groups (broad SMARTS) is 1. The van der Waals surface area contributed by atoms with Crippen LogP contribution in [0.1, 0.15) is 20.3 Å². The first kappa shape index (κ1) is 10.6. The van der Waals surface area contributed by atoms with E-state index in [4.69, 9.17) is 5.11 Å². The zero-order valence-corrected chi connectivity index (χ0v) is 6.96. The minimum atomic E-state index is -1.29. The van der Waals surface area contributed by atoms with Crippen molar-refractivity contribution in [1.29, 1.82) is 0 Å². The number of carboxylic acids is 1. The molecule has 0 atom stereocenters. The quantitative estimate of drug-likeness (QED) is 0.380. The second-order valence-corrected chi connectivity index (χ2v) is 2.39. The number of hydrogen-bond acceptors (Lipinski definition) is 3. The Hall–Kier alpha value is -1.45. The Morgan fingerprint density at radius 3 is 2.00 bits per heavy atom. The molecule has 0 saturated carbocycles. The van der Waals surface area contributed by atoms with Gasteiger partial charge in [0.25, 0.3) is 0 Å². The van der Waals surface area contributed by atoms with E-state index in [1.807, 2.05) is 0 Å². The van der Waals surface area contributed by atoms with Crippen LogP contribution in [0.3, 0.4) is 0 Å². The third-order valence-corrected chi connectivity index (χ3v) is 1.20. The molecule has 0 aromatic carbocycles. The molecule has 4 nitrogen and oxygen atoms in total. The highest BCUT2D eigenvalue weighted by molar-refractivity contribution is 6.15. The molecule has 0 aliphatic heterocycles. The topological polar surface area (TPSA) is 71.4 Å². The molecule has 0 fully saturated rings. The predicted octanol–water partition coefficient (Wildman–Crippen LogP) is 0.565. The van der Waals surface area contributed by atoms with Crippen molar-refractivity contribution in [3.63, 3.8) is 0 Å². The molecular weight excluding hydrogens is 160 g/mol. The predicted molar refractivity (Wildman–Crippen MR) is 41.7 cm³/mol. The van der Waals surface area contributed by atoms with Gasteiger partial charge in [-0.05, 0) is 13.8 Å². The molecule has 0 heterocycles. The van der Waals surface area contributed by atoms with E-state index in [9.17, 15) is 14.4 Å². The fourth-order valence-electron chi connectivity index (χ4n) is 0.627. The average molecular weight is 170 g/mol. The number of aliphatic carboxylic acids is 1. The van der Waals surface area contributed by atoms with Gasteiger partial charge in [-0.2, -0.15) is 0 Å². The van der Waals surface area contributed by atoms with E-state index in [1.54, 1.807) is 0 Å². The summed E-state index contributed by atoms with van der Waals surface area (Å²) in [4.78, 5) is 31.4. The monoisotopic (exact) mass is 170 g/mol. The van der Waals surface area contributed by atoms with Gasteiger partial charge in [-0.15, -0.1) is 0 Å². The normalized spacial score (nSPS) is 11.0. The number of Topliss-reactive ketones (excluding diaryl/α,β-unsaturated/α-hetero) is 2. The van der Waals surface area contributed by atoms with Crippen molar-refractivity contribution in [2.24, 2.45) is 0 Å². The van der Waals surface area contributed by atoms with Gasteiger partial charge in [0, 0.05) is 6.42 Å². The zero-order valence-electron chi connectivity index (χ0n) is 6.96. The second-order valence-electron chi connectivity index (χ2n) is 2.39. The second kappa shape index (κ2) is 4.43. The molecule has 0 aromatic rings. The van der Waals surface area contributed by atoms with Crippen molar-refractivity contribution in [2.75, 3.05) is 0 Å². The van der Waals surface area contributed by atoms with Crippen LogP contribution in [0.5, 0.6) is 0 Å². The van der Waals surface area contributed by atoms with Crippen LogP contribution in [-0.4, -0.2) is 22.6 Å². The number of rotatable bonds is 4. The molecule has 0 amide bonds. The Morgan fingerprint density at radius 2 is 1.75 bits per heavy atom. The molecule has 0 aromatic heterocycles. The number of carbonyl (C=O) groups excluding carboxylic acids is 2.